The highest BCUT2D eigenvalue weighted by Gasteiger charge is 2.41. The lowest BCUT2D eigenvalue weighted by Gasteiger charge is -2.35. The molecule has 5 nitrogen and oxygen atoms in total. The molecule has 0 spiro atoms. The topological polar surface area (TPSA) is 51.1 Å². The first-order valence-electron chi connectivity index (χ1n) is 10.8. The van der Waals surface area contributed by atoms with Gasteiger partial charge in [-0.25, -0.2) is 4.99 Å². The molecule has 4 rings (SSSR count). The summed E-state index contributed by atoms with van der Waals surface area (Å²) in [7, 11) is 3.21. The summed E-state index contributed by atoms with van der Waals surface area (Å²) in [4.78, 5) is 21.1. The minimum Gasteiger partial charge on any atom is -0.493 e. The summed E-state index contributed by atoms with van der Waals surface area (Å²) in [6.07, 6.45) is 6.42. The van der Waals surface area contributed by atoms with Gasteiger partial charge in [-0.15, -0.1) is 0 Å². The van der Waals surface area contributed by atoms with Crippen LogP contribution in [0.1, 0.15) is 38.2 Å². The second-order valence-corrected chi connectivity index (χ2v) is 9.94. The summed E-state index contributed by atoms with van der Waals surface area (Å²) >= 11 is 5.04. The molecule has 0 radical (unpaired) electrons. The number of aliphatic imine (C=N–C) groups is 1. The van der Waals surface area contributed by atoms with Crippen LogP contribution < -0.4 is 9.47 Å². The number of amidine groups is 1. The van der Waals surface area contributed by atoms with Gasteiger partial charge in [-0.2, -0.15) is 0 Å². The molecule has 0 N–H and O–H groups in total. The van der Waals surface area contributed by atoms with Crippen LogP contribution in [0.2, 0.25) is 0 Å². The van der Waals surface area contributed by atoms with E-state index in [0.717, 1.165) is 40.2 Å². The average molecular weight is 515 g/mol. The molecule has 2 atom stereocenters. The van der Waals surface area contributed by atoms with Crippen LogP contribution in [-0.4, -0.2) is 36.2 Å². The van der Waals surface area contributed by atoms with Gasteiger partial charge in [0, 0.05) is 10.5 Å². The second-order valence-electron chi connectivity index (χ2n) is 8.07. The molecule has 2 aromatic carbocycles. The van der Waals surface area contributed by atoms with Crippen molar-refractivity contribution in [2.75, 3.05) is 14.2 Å². The summed E-state index contributed by atoms with van der Waals surface area (Å²) < 4.78 is 11.7. The number of nitrogens with zero attached hydrogens (tertiary/aromatic N) is 2. The van der Waals surface area contributed by atoms with Gasteiger partial charge in [0.25, 0.3) is 5.91 Å². The minimum absolute atomic E-state index is 0.0186. The fraction of sp³-hybridized carbons (Fsp3) is 0.360. The van der Waals surface area contributed by atoms with Gasteiger partial charge in [-0.05, 0) is 66.4 Å². The Kier molecular flexibility index (Phi) is 7.26. The average Bonchev–Trinajstić information content (AvgIpc) is 3.10. The van der Waals surface area contributed by atoms with Crippen molar-refractivity contribution in [1.29, 1.82) is 0 Å². The zero-order chi connectivity index (χ0) is 22.7. The standard InChI is InChI=1S/C25H27BrN2O3S/c1-16-9-7-8-12-20(16)28-24(29)23(32-25(28)27-18-10-5-4-6-11-18)14-17-13-21(30-2)22(31-3)15-19(17)26/h4-6,10-11,13-16,20H,7-9,12H2,1-3H3/b23-14-,27-25?/t16-,20-/m0/s1. The number of amides is 1. The summed E-state index contributed by atoms with van der Waals surface area (Å²) in [5.41, 5.74) is 1.71. The van der Waals surface area contributed by atoms with Crippen LogP contribution in [0, 0.1) is 5.92 Å². The molecule has 1 saturated carbocycles. The molecule has 1 aliphatic heterocycles. The molecule has 2 aromatic rings. The van der Waals surface area contributed by atoms with Crippen LogP contribution in [-0.2, 0) is 4.79 Å². The van der Waals surface area contributed by atoms with Crippen LogP contribution in [0.3, 0.4) is 0 Å². The smallest absolute Gasteiger partial charge is 0.267 e. The first-order chi connectivity index (χ1) is 15.5. The maximum absolute atomic E-state index is 13.6. The van der Waals surface area contributed by atoms with Crippen LogP contribution in [0.15, 0.2) is 56.8 Å². The van der Waals surface area contributed by atoms with Gasteiger partial charge < -0.3 is 9.47 Å². The number of halogens is 1. The van der Waals surface area contributed by atoms with Crippen molar-refractivity contribution in [3.8, 4) is 11.5 Å². The Morgan fingerprint density at radius 2 is 1.78 bits per heavy atom. The quantitative estimate of drug-likeness (QED) is 0.419. The monoisotopic (exact) mass is 514 g/mol. The highest BCUT2D eigenvalue weighted by atomic mass is 79.9. The minimum atomic E-state index is 0.0186. The van der Waals surface area contributed by atoms with Gasteiger partial charge in [0.2, 0.25) is 0 Å². The predicted molar refractivity (Wildman–Crippen MR) is 135 cm³/mol. The van der Waals surface area contributed by atoms with Crippen molar-refractivity contribution in [2.24, 2.45) is 10.9 Å². The van der Waals surface area contributed by atoms with Gasteiger partial charge in [-0.1, -0.05) is 53.9 Å². The molecule has 1 aliphatic carbocycles. The van der Waals surface area contributed by atoms with Crippen LogP contribution in [0.5, 0.6) is 11.5 Å². The molecule has 1 amide bonds. The Balaban J connectivity index is 1.75. The van der Waals surface area contributed by atoms with Crippen LogP contribution in [0.25, 0.3) is 6.08 Å². The number of para-hydroxylation sites is 1. The molecular formula is C25H27BrN2O3S. The van der Waals surface area contributed by atoms with Gasteiger partial charge in [0.05, 0.1) is 24.8 Å². The number of carbonyl (C=O) groups is 1. The third kappa shape index (κ3) is 4.74. The predicted octanol–water partition coefficient (Wildman–Crippen LogP) is 6.65. The molecular weight excluding hydrogens is 488 g/mol. The van der Waals surface area contributed by atoms with Crippen molar-refractivity contribution < 1.29 is 14.3 Å². The number of thioether (sulfide) groups is 1. The summed E-state index contributed by atoms with van der Waals surface area (Å²) in [6.45, 7) is 2.24. The lowest BCUT2D eigenvalue weighted by molar-refractivity contribution is -0.124. The number of carbonyl (C=O) groups excluding carboxylic acids is 1. The van der Waals surface area contributed by atoms with Crippen LogP contribution >= 0.6 is 27.7 Å². The van der Waals surface area contributed by atoms with Gasteiger partial charge in [0.15, 0.2) is 16.7 Å². The van der Waals surface area contributed by atoms with Gasteiger partial charge in [0.1, 0.15) is 0 Å². The summed E-state index contributed by atoms with van der Waals surface area (Å²) in [5.74, 6) is 1.72. The number of hydrogen-bond donors (Lipinski definition) is 0. The van der Waals surface area contributed by atoms with E-state index >= 15 is 0 Å². The van der Waals surface area contributed by atoms with E-state index in [2.05, 4.69) is 22.9 Å². The highest BCUT2D eigenvalue weighted by Crippen LogP contribution is 2.41. The van der Waals surface area contributed by atoms with Crippen molar-refractivity contribution in [3.05, 3.63) is 57.4 Å². The number of rotatable bonds is 5. The fourth-order valence-electron chi connectivity index (χ4n) is 4.27. The normalized spacial score (nSPS) is 23.8. The molecule has 0 bridgehead atoms. The number of methoxy groups -OCH3 is 2. The van der Waals surface area contributed by atoms with Gasteiger partial charge in [-0.3, -0.25) is 9.69 Å². The maximum atomic E-state index is 13.6. The third-order valence-electron chi connectivity index (χ3n) is 6.01. The molecule has 2 aliphatic rings. The Morgan fingerprint density at radius 1 is 1.09 bits per heavy atom. The zero-order valence-electron chi connectivity index (χ0n) is 18.5. The van der Waals surface area contributed by atoms with Gasteiger partial charge >= 0.3 is 0 Å². The largest absolute Gasteiger partial charge is 0.493 e. The van der Waals surface area contributed by atoms with Crippen LogP contribution in [0.4, 0.5) is 5.69 Å². The Labute approximate surface area is 202 Å². The zero-order valence-corrected chi connectivity index (χ0v) is 20.9. The molecule has 7 heteroatoms. The lowest BCUT2D eigenvalue weighted by Crippen LogP contribution is -2.44. The van der Waals surface area contributed by atoms with Crippen molar-refractivity contribution in [2.45, 2.75) is 38.6 Å². The summed E-state index contributed by atoms with van der Waals surface area (Å²) in [6, 6.07) is 13.7. The Hall–Kier alpha value is -2.25. The molecule has 32 heavy (non-hydrogen) atoms. The number of ether oxygens (including phenoxy) is 2. The summed E-state index contributed by atoms with van der Waals surface area (Å²) in [5, 5.41) is 0.753. The van der Waals surface area contributed by atoms with E-state index in [9.17, 15) is 4.79 Å². The second kappa shape index (κ2) is 10.1. The van der Waals surface area contributed by atoms with Crippen molar-refractivity contribution in [3.63, 3.8) is 0 Å². The first kappa shape index (κ1) is 22.9. The van der Waals surface area contributed by atoms with Crippen molar-refractivity contribution in [1.82, 2.24) is 4.90 Å². The lowest BCUT2D eigenvalue weighted by atomic mass is 9.85. The molecule has 2 fully saturated rings. The van der Waals surface area contributed by atoms with E-state index in [1.165, 1.54) is 18.2 Å². The molecule has 1 saturated heterocycles. The Bertz CT molecular complexity index is 1050. The van der Waals surface area contributed by atoms with Crippen molar-refractivity contribution >= 4 is 50.5 Å². The Morgan fingerprint density at radius 3 is 2.47 bits per heavy atom. The first-order valence-corrected chi connectivity index (χ1v) is 12.4. The van der Waals surface area contributed by atoms with E-state index < -0.39 is 0 Å². The molecule has 0 aromatic heterocycles. The molecule has 168 valence electrons. The SMILES string of the molecule is COc1cc(Br)c(/C=C2\SC(=Nc3ccccc3)N([C@H]3CCCC[C@@H]3C)C2=O)cc1OC. The van der Waals surface area contributed by atoms with E-state index in [0.29, 0.717) is 22.3 Å². The van der Waals surface area contributed by atoms with E-state index in [4.69, 9.17) is 14.5 Å². The maximum Gasteiger partial charge on any atom is 0.267 e. The molecule has 0 unspecified atom stereocenters. The van der Waals surface area contributed by atoms with E-state index in [-0.39, 0.29) is 11.9 Å². The highest BCUT2D eigenvalue weighted by molar-refractivity contribution is 9.10. The van der Waals surface area contributed by atoms with E-state index in [1.807, 2.05) is 53.4 Å². The number of benzene rings is 2. The molecule has 1 heterocycles. The van der Waals surface area contributed by atoms with E-state index in [1.54, 1.807) is 14.2 Å². The fourth-order valence-corrected chi connectivity index (χ4v) is 5.74. The third-order valence-corrected chi connectivity index (χ3v) is 7.67. The number of hydrogen-bond acceptors (Lipinski definition) is 5.